The molecule has 4 nitrogen and oxygen atoms in total. The van der Waals surface area contributed by atoms with Crippen molar-refractivity contribution in [3.63, 3.8) is 0 Å². The molecule has 0 unspecified atom stereocenters. The number of nitrogen functional groups attached to an aromatic ring is 2. The molecular weight excluding hydrogens is 252 g/mol. The van der Waals surface area contributed by atoms with Crippen LogP contribution in [0.15, 0.2) is 60.7 Å². The van der Waals surface area contributed by atoms with Crippen LogP contribution in [-0.2, 0) is 0 Å². The van der Waals surface area contributed by atoms with E-state index in [1.165, 1.54) is 12.2 Å². The molecule has 0 fully saturated rings. The molecule has 2 aromatic carbocycles. The number of ketones is 2. The number of carbonyl (C=O) groups is 2. The van der Waals surface area contributed by atoms with Gasteiger partial charge in [0.2, 0.25) is 0 Å². The first-order valence-corrected chi connectivity index (χ1v) is 6.05. The van der Waals surface area contributed by atoms with Crippen LogP contribution in [0.1, 0.15) is 20.7 Å². The van der Waals surface area contributed by atoms with E-state index in [4.69, 9.17) is 11.5 Å². The van der Waals surface area contributed by atoms with Crippen LogP contribution >= 0.6 is 0 Å². The molecule has 1 aliphatic carbocycles. The Morgan fingerprint density at radius 3 is 1.30 bits per heavy atom. The minimum Gasteiger partial charge on any atom is -0.397 e. The van der Waals surface area contributed by atoms with Gasteiger partial charge < -0.3 is 11.5 Å². The number of hydrogen-bond donors (Lipinski definition) is 2. The third-order valence-corrected chi connectivity index (χ3v) is 2.84. The fraction of sp³-hybridized carbons (Fsp3) is 0. The van der Waals surface area contributed by atoms with Crippen molar-refractivity contribution in [3.8, 4) is 0 Å². The molecule has 3 rings (SSSR count). The van der Waals surface area contributed by atoms with Crippen LogP contribution in [0.2, 0.25) is 0 Å². The van der Waals surface area contributed by atoms with Gasteiger partial charge in [-0.3, -0.25) is 9.59 Å². The van der Waals surface area contributed by atoms with Gasteiger partial charge in [-0.1, -0.05) is 36.4 Å². The highest BCUT2D eigenvalue weighted by molar-refractivity contribution is 6.21. The van der Waals surface area contributed by atoms with Crippen molar-refractivity contribution in [1.29, 1.82) is 0 Å². The van der Waals surface area contributed by atoms with Crippen molar-refractivity contribution in [2.24, 2.45) is 0 Å². The fourth-order valence-electron chi connectivity index (χ4n) is 1.75. The largest absolute Gasteiger partial charge is 0.397 e. The maximum atomic E-state index is 11.2. The summed E-state index contributed by atoms with van der Waals surface area (Å²) in [6.07, 6.45) is 2.62. The first kappa shape index (κ1) is 13.5. The molecule has 0 heterocycles. The van der Waals surface area contributed by atoms with Crippen LogP contribution in [-0.4, -0.2) is 11.6 Å². The first-order valence-electron chi connectivity index (χ1n) is 6.05. The molecule has 0 amide bonds. The predicted octanol–water partition coefficient (Wildman–Crippen LogP) is 2.47. The van der Waals surface area contributed by atoms with Crippen LogP contribution in [0.25, 0.3) is 0 Å². The molecule has 0 aliphatic heterocycles. The van der Waals surface area contributed by atoms with E-state index in [0.717, 1.165) is 0 Å². The van der Waals surface area contributed by atoms with Gasteiger partial charge in [-0.25, -0.2) is 0 Å². The van der Waals surface area contributed by atoms with Crippen LogP contribution < -0.4 is 11.5 Å². The average molecular weight is 266 g/mol. The van der Waals surface area contributed by atoms with Crippen molar-refractivity contribution in [3.05, 3.63) is 71.8 Å². The molecular formula is C16H14N2O2. The van der Waals surface area contributed by atoms with Gasteiger partial charge in [0, 0.05) is 11.1 Å². The molecule has 2 aromatic rings. The lowest BCUT2D eigenvalue weighted by Crippen LogP contribution is -2.10. The summed E-state index contributed by atoms with van der Waals surface area (Å²) in [5.74, 6) is -0.185. The van der Waals surface area contributed by atoms with E-state index in [2.05, 4.69) is 0 Å². The van der Waals surface area contributed by atoms with Crippen LogP contribution in [0.5, 0.6) is 0 Å². The quantitative estimate of drug-likeness (QED) is 0.717. The van der Waals surface area contributed by atoms with E-state index >= 15 is 0 Å². The molecule has 0 saturated heterocycles. The summed E-state index contributed by atoms with van der Waals surface area (Å²) in [5, 5.41) is 0. The van der Waals surface area contributed by atoms with Crippen LogP contribution in [0.4, 0.5) is 11.4 Å². The molecule has 100 valence electrons. The number of benzene rings is 2. The summed E-state index contributed by atoms with van der Waals surface area (Å²) < 4.78 is 0. The smallest absolute Gasteiger partial charge is 0.186 e. The number of anilines is 2. The summed E-state index contributed by atoms with van der Waals surface area (Å²) in [5.41, 5.74) is 13.1. The Morgan fingerprint density at radius 1 is 0.600 bits per heavy atom. The maximum Gasteiger partial charge on any atom is 0.186 e. The SMILES string of the molecule is Nc1ccccc1N.O=C1C=CC(=O)c2ccccc21. The van der Waals surface area contributed by atoms with Crippen molar-refractivity contribution in [2.45, 2.75) is 0 Å². The van der Waals surface area contributed by atoms with Gasteiger partial charge in [0.05, 0.1) is 11.4 Å². The summed E-state index contributed by atoms with van der Waals surface area (Å²) in [6.45, 7) is 0. The highest BCUT2D eigenvalue weighted by Gasteiger charge is 2.16. The van der Waals surface area contributed by atoms with Gasteiger partial charge >= 0.3 is 0 Å². The topological polar surface area (TPSA) is 86.2 Å². The third-order valence-electron chi connectivity index (χ3n) is 2.84. The second kappa shape index (κ2) is 5.84. The van der Waals surface area contributed by atoms with E-state index in [9.17, 15) is 9.59 Å². The number of hydrogen-bond acceptors (Lipinski definition) is 4. The molecule has 0 atom stereocenters. The third kappa shape index (κ3) is 2.92. The molecule has 4 N–H and O–H groups in total. The molecule has 20 heavy (non-hydrogen) atoms. The molecule has 0 radical (unpaired) electrons. The van der Waals surface area contributed by atoms with Gasteiger partial charge in [0.15, 0.2) is 11.6 Å². The molecule has 4 heteroatoms. The molecule has 0 aromatic heterocycles. The second-order valence-electron chi connectivity index (χ2n) is 4.24. The Morgan fingerprint density at radius 2 is 0.950 bits per heavy atom. The minimum absolute atomic E-state index is 0.0924. The monoisotopic (exact) mass is 266 g/mol. The molecule has 0 bridgehead atoms. The second-order valence-corrected chi connectivity index (χ2v) is 4.24. The number of rotatable bonds is 0. The number of nitrogens with two attached hydrogens (primary N) is 2. The zero-order chi connectivity index (χ0) is 14.5. The van der Waals surface area contributed by atoms with Gasteiger partial charge in [-0.2, -0.15) is 0 Å². The van der Waals surface area contributed by atoms with Crippen molar-refractivity contribution in [1.82, 2.24) is 0 Å². The summed E-state index contributed by atoms with van der Waals surface area (Å²) in [7, 11) is 0. The highest BCUT2D eigenvalue weighted by atomic mass is 16.1. The van der Waals surface area contributed by atoms with E-state index in [1.54, 1.807) is 36.4 Å². The van der Waals surface area contributed by atoms with Crippen LogP contribution in [0, 0.1) is 0 Å². The van der Waals surface area contributed by atoms with Gasteiger partial charge in [0.1, 0.15) is 0 Å². The summed E-state index contributed by atoms with van der Waals surface area (Å²) in [6, 6.07) is 14.1. The average Bonchev–Trinajstić information content (AvgIpc) is 2.47. The lowest BCUT2D eigenvalue weighted by Gasteiger charge is -2.06. The summed E-state index contributed by atoms with van der Waals surface area (Å²) >= 11 is 0. The van der Waals surface area contributed by atoms with Crippen molar-refractivity contribution < 1.29 is 9.59 Å². The molecule has 0 saturated carbocycles. The number of fused-ring (bicyclic) bond motifs is 1. The lowest BCUT2D eigenvalue weighted by atomic mass is 9.95. The molecule has 0 spiro atoms. The predicted molar refractivity (Wildman–Crippen MR) is 79.5 cm³/mol. The Hall–Kier alpha value is -2.88. The zero-order valence-electron chi connectivity index (χ0n) is 10.7. The van der Waals surface area contributed by atoms with E-state index < -0.39 is 0 Å². The van der Waals surface area contributed by atoms with Crippen molar-refractivity contribution >= 4 is 22.9 Å². The fourth-order valence-corrected chi connectivity index (χ4v) is 1.75. The number of allylic oxidation sites excluding steroid dienone is 2. The highest BCUT2D eigenvalue weighted by Crippen LogP contribution is 2.15. The molecule has 1 aliphatic rings. The zero-order valence-corrected chi connectivity index (χ0v) is 10.7. The first-order chi connectivity index (χ1) is 9.59. The van der Waals surface area contributed by atoms with Crippen molar-refractivity contribution in [2.75, 3.05) is 11.5 Å². The minimum atomic E-state index is -0.0924. The normalized spacial score (nSPS) is 12.4. The van der Waals surface area contributed by atoms with Gasteiger partial charge in [-0.15, -0.1) is 0 Å². The van der Waals surface area contributed by atoms with E-state index in [-0.39, 0.29) is 11.6 Å². The van der Waals surface area contributed by atoms with E-state index in [0.29, 0.717) is 22.5 Å². The Bertz CT molecular complexity index is 632. The van der Waals surface area contributed by atoms with E-state index in [1.807, 2.05) is 12.1 Å². The Balaban J connectivity index is 0.000000160. The standard InChI is InChI=1S/C10H6O2.C6H8N2/c11-9-5-6-10(12)8-4-2-1-3-7(8)9;7-5-3-1-2-4-6(5)8/h1-6H;1-4H,7-8H2. The maximum absolute atomic E-state index is 11.2. The Labute approximate surface area is 116 Å². The Kier molecular flexibility index (Phi) is 3.96. The lowest BCUT2D eigenvalue weighted by molar-refractivity contribution is 0.0994. The number of carbonyl (C=O) groups excluding carboxylic acids is 2. The van der Waals surface area contributed by atoms with Crippen LogP contribution in [0.3, 0.4) is 0 Å². The van der Waals surface area contributed by atoms with Gasteiger partial charge in [-0.05, 0) is 24.3 Å². The number of para-hydroxylation sites is 2. The summed E-state index contributed by atoms with van der Waals surface area (Å²) in [4.78, 5) is 22.4. The van der Waals surface area contributed by atoms with Gasteiger partial charge in [0.25, 0.3) is 0 Å².